The van der Waals surface area contributed by atoms with E-state index < -0.39 is 22.7 Å². The molecule has 0 aromatic heterocycles. The lowest BCUT2D eigenvalue weighted by Crippen LogP contribution is -2.36. The van der Waals surface area contributed by atoms with Gasteiger partial charge >= 0.3 is 6.09 Å². The van der Waals surface area contributed by atoms with Crippen LogP contribution in [0.1, 0.15) is 38.8 Å². The minimum Gasteiger partial charge on any atom is -0.479 e. The second-order valence-electron chi connectivity index (χ2n) is 8.34. The number of ether oxygens (including phenoxy) is 2. The second-order valence-corrected chi connectivity index (χ2v) is 8.34. The molecule has 1 atom stereocenters. The Morgan fingerprint density at radius 3 is 2.52 bits per heavy atom. The molecule has 0 aliphatic carbocycles. The average molecular weight is 427 g/mol. The molecule has 3 rings (SSSR count). The van der Waals surface area contributed by atoms with E-state index in [4.69, 9.17) is 9.47 Å². The van der Waals surface area contributed by atoms with Crippen LogP contribution in [0.5, 0.6) is 5.75 Å². The van der Waals surface area contributed by atoms with Gasteiger partial charge in [0.05, 0.1) is 10.6 Å². The first-order valence-corrected chi connectivity index (χ1v) is 9.83. The van der Waals surface area contributed by atoms with E-state index in [2.05, 4.69) is 5.32 Å². The number of non-ortho nitro benzene ring substituents is 1. The molecule has 1 N–H and O–H groups in total. The number of benzene rings is 2. The van der Waals surface area contributed by atoms with Crippen LogP contribution >= 0.6 is 0 Å². The summed E-state index contributed by atoms with van der Waals surface area (Å²) in [6, 6.07) is 11.4. The lowest BCUT2D eigenvalue weighted by molar-refractivity contribution is -0.384. The summed E-state index contributed by atoms with van der Waals surface area (Å²) in [4.78, 5) is 36.8. The minimum atomic E-state index is -0.703. The highest BCUT2D eigenvalue weighted by atomic mass is 16.6. The van der Waals surface area contributed by atoms with Crippen LogP contribution in [-0.2, 0) is 22.6 Å². The molecule has 31 heavy (non-hydrogen) atoms. The van der Waals surface area contributed by atoms with Gasteiger partial charge in [-0.05, 0) is 51.0 Å². The number of hydrogen-bond donors (Lipinski definition) is 1. The van der Waals surface area contributed by atoms with Crippen molar-refractivity contribution >= 4 is 23.4 Å². The molecule has 0 radical (unpaired) electrons. The monoisotopic (exact) mass is 427 g/mol. The molecule has 1 aliphatic rings. The molecule has 0 saturated carbocycles. The largest absolute Gasteiger partial charge is 0.479 e. The van der Waals surface area contributed by atoms with E-state index in [-0.39, 0.29) is 24.7 Å². The highest BCUT2D eigenvalue weighted by Crippen LogP contribution is 2.31. The summed E-state index contributed by atoms with van der Waals surface area (Å²) in [6.07, 6.45) is -1.13. The Balaban J connectivity index is 1.86. The Morgan fingerprint density at radius 2 is 1.87 bits per heavy atom. The van der Waals surface area contributed by atoms with E-state index >= 15 is 0 Å². The fourth-order valence-corrected chi connectivity index (χ4v) is 3.07. The van der Waals surface area contributed by atoms with Crippen LogP contribution in [0.15, 0.2) is 42.5 Å². The summed E-state index contributed by atoms with van der Waals surface area (Å²) >= 11 is 0. The highest BCUT2D eigenvalue weighted by Gasteiger charge is 2.26. The van der Waals surface area contributed by atoms with Crippen LogP contribution in [0.3, 0.4) is 0 Å². The number of anilines is 1. The fourth-order valence-electron chi connectivity index (χ4n) is 3.07. The normalized spacial score (nSPS) is 15.4. The molecule has 0 fully saturated rings. The maximum absolute atomic E-state index is 12.8. The Hall–Kier alpha value is -3.62. The van der Waals surface area contributed by atoms with Gasteiger partial charge in [-0.1, -0.05) is 18.2 Å². The quantitative estimate of drug-likeness (QED) is 0.564. The Kier molecular flexibility index (Phi) is 6.14. The van der Waals surface area contributed by atoms with Crippen LogP contribution in [0.25, 0.3) is 0 Å². The van der Waals surface area contributed by atoms with Gasteiger partial charge in [-0.25, -0.2) is 4.79 Å². The van der Waals surface area contributed by atoms with Gasteiger partial charge in [-0.15, -0.1) is 0 Å². The van der Waals surface area contributed by atoms with Gasteiger partial charge in [0.25, 0.3) is 11.6 Å². The van der Waals surface area contributed by atoms with Crippen LogP contribution in [0, 0.1) is 10.1 Å². The first-order valence-electron chi connectivity index (χ1n) is 9.83. The van der Waals surface area contributed by atoms with Crippen molar-refractivity contribution < 1.29 is 24.0 Å². The molecule has 0 saturated heterocycles. The topological polar surface area (TPSA) is 111 Å². The fraction of sp³-hybridized carbons (Fsp3) is 0.364. The summed E-state index contributed by atoms with van der Waals surface area (Å²) in [6.45, 7) is 7.26. The van der Waals surface area contributed by atoms with E-state index in [0.717, 1.165) is 5.56 Å². The number of fused-ring (bicyclic) bond motifs is 1. The Bertz CT molecular complexity index is 1010. The van der Waals surface area contributed by atoms with E-state index in [1.54, 1.807) is 58.0 Å². The number of nitrogens with one attached hydrogen (secondary N) is 1. The molecule has 9 heteroatoms. The molecule has 2 aromatic rings. The van der Waals surface area contributed by atoms with Crippen molar-refractivity contribution in [1.82, 2.24) is 4.90 Å². The number of hydrogen-bond acceptors (Lipinski definition) is 6. The summed E-state index contributed by atoms with van der Waals surface area (Å²) in [7, 11) is 0. The molecule has 2 amide bonds. The zero-order chi connectivity index (χ0) is 22.8. The number of amides is 2. The van der Waals surface area contributed by atoms with Crippen LogP contribution in [0.4, 0.5) is 16.2 Å². The molecule has 0 bridgehead atoms. The Labute approximate surface area is 180 Å². The lowest BCUT2D eigenvalue weighted by atomic mass is 10.1. The third-order valence-electron chi connectivity index (χ3n) is 4.49. The lowest BCUT2D eigenvalue weighted by Gasteiger charge is -2.28. The molecule has 9 nitrogen and oxygen atoms in total. The van der Waals surface area contributed by atoms with Crippen LogP contribution < -0.4 is 10.1 Å². The van der Waals surface area contributed by atoms with Crippen molar-refractivity contribution in [3.05, 3.63) is 63.7 Å². The molecular formula is C22H25N3O6. The maximum Gasteiger partial charge on any atom is 0.410 e. The van der Waals surface area contributed by atoms with Gasteiger partial charge in [0.15, 0.2) is 6.10 Å². The van der Waals surface area contributed by atoms with Crippen molar-refractivity contribution in [2.24, 2.45) is 0 Å². The third-order valence-corrected chi connectivity index (χ3v) is 4.49. The second kappa shape index (κ2) is 8.63. The molecule has 1 heterocycles. The predicted molar refractivity (Wildman–Crippen MR) is 114 cm³/mol. The molecule has 1 aliphatic heterocycles. The number of nitro benzene ring substituents is 1. The first kappa shape index (κ1) is 22.1. The zero-order valence-electron chi connectivity index (χ0n) is 17.9. The SMILES string of the molecule is CC1Oc2ccc(CN(Cc3cccc([N+](=O)[O-])c3)C(=O)OC(C)(C)C)cc2NC1=O. The maximum atomic E-state index is 12.8. The number of rotatable bonds is 5. The van der Waals surface area contributed by atoms with Gasteiger partial charge in [0, 0.05) is 25.2 Å². The highest BCUT2D eigenvalue weighted by molar-refractivity contribution is 5.97. The molecule has 2 aromatic carbocycles. The number of nitrogens with zero attached hydrogens (tertiary/aromatic N) is 2. The van der Waals surface area contributed by atoms with Gasteiger partial charge in [-0.3, -0.25) is 19.8 Å². The van der Waals surface area contributed by atoms with Gasteiger partial charge in [0.1, 0.15) is 11.4 Å². The first-order chi connectivity index (χ1) is 14.5. The van der Waals surface area contributed by atoms with E-state index in [1.807, 2.05) is 0 Å². The van der Waals surface area contributed by atoms with Gasteiger partial charge < -0.3 is 14.8 Å². The van der Waals surface area contributed by atoms with Gasteiger partial charge in [-0.2, -0.15) is 0 Å². The van der Waals surface area contributed by atoms with Gasteiger partial charge in [0.2, 0.25) is 0 Å². The summed E-state index contributed by atoms with van der Waals surface area (Å²) in [5.74, 6) is 0.309. The van der Waals surface area contributed by atoms with Crippen LogP contribution in [-0.4, -0.2) is 33.5 Å². The zero-order valence-corrected chi connectivity index (χ0v) is 17.9. The predicted octanol–water partition coefficient (Wildman–Crippen LogP) is 4.25. The van der Waals surface area contributed by atoms with E-state index in [1.165, 1.54) is 17.0 Å². The third kappa shape index (κ3) is 5.71. The Morgan fingerprint density at radius 1 is 1.19 bits per heavy atom. The van der Waals surface area contributed by atoms with Crippen molar-refractivity contribution in [2.75, 3.05) is 5.32 Å². The molecular weight excluding hydrogens is 402 g/mol. The number of carbonyl (C=O) groups is 2. The molecule has 1 unspecified atom stereocenters. The van der Waals surface area contributed by atoms with E-state index in [9.17, 15) is 19.7 Å². The summed E-state index contributed by atoms with van der Waals surface area (Å²) < 4.78 is 11.1. The van der Waals surface area contributed by atoms with Crippen LogP contribution in [0.2, 0.25) is 0 Å². The summed E-state index contributed by atoms with van der Waals surface area (Å²) in [5, 5.41) is 13.9. The van der Waals surface area contributed by atoms with Crippen molar-refractivity contribution in [1.29, 1.82) is 0 Å². The number of nitro groups is 1. The smallest absolute Gasteiger partial charge is 0.410 e. The number of carbonyl (C=O) groups excluding carboxylic acids is 2. The molecule has 0 spiro atoms. The van der Waals surface area contributed by atoms with E-state index in [0.29, 0.717) is 17.0 Å². The average Bonchev–Trinajstić information content (AvgIpc) is 2.67. The van der Waals surface area contributed by atoms with Crippen molar-refractivity contribution in [3.63, 3.8) is 0 Å². The minimum absolute atomic E-state index is 0.0515. The van der Waals surface area contributed by atoms with Crippen molar-refractivity contribution in [3.8, 4) is 5.75 Å². The standard InChI is InChI=1S/C22H25N3O6/c1-14-20(26)23-18-11-16(8-9-19(18)30-14)13-24(21(27)31-22(2,3)4)12-15-6-5-7-17(10-15)25(28)29/h5-11,14H,12-13H2,1-4H3,(H,23,26). The van der Waals surface area contributed by atoms with Crippen molar-refractivity contribution in [2.45, 2.75) is 52.5 Å². The molecule has 164 valence electrons. The summed E-state index contributed by atoms with van der Waals surface area (Å²) in [5.41, 5.74) is 1.12.